The molecule has 33 heavy (non-hydrogen) atoms. The van der Waals surface area contributed by atoms with Crippen molar-refractivity contribution in [3.05, 3.63) is 47.2 Å². The highest BCUT2D eigenvalue weighted by Crippen LogP contribution is 2.31. The van der Waals surface area contributed by atoms with Gasteiger partial charge in [0.15, 0.2) is 0 Å². The minimum atomic E-state index is -0.527. The van der Waals surface area contributed by atoms with Crippen molar-refractivity contribution in [1.82, 2.24) is 20.1 Å². The van der Waals surface area contributed by atoms with Crippen molar-refractivity contribution >= 4 is 28.6 Å². The van der Waals surface area contributed by atoms with Crippen LogP contribution in [0.15, 0.2) is 36.7 Å². The van der Waals surface area contributed by atoms with Crippen molar-refractivity contribution in [1.29, 1.82) is 0 Å². The molecule has 0 saturated carbocycles. The van der Waals surface area contributed by atoms with Crippen LogP contribution in [0.2, 0.25) is 5.02 Å². The molecule has 7 nitrogen and oxygen atoms in total. The van der Waals surface area contributed by atoms with Gasteiger partial charge in [0.1, 0.15) is 11.8 Å². The number of fused-ring (bicyclic) bond motifs is 1. The van der Waals surface area contributed by atoms with Gasteiger partial charge in [0.25, 0.3) is 0 Å². The molecule has 4 rings (SSSR count). The van der Waals surface area contributed by atoms with E-state index < -0.39 is 11.7 Å². The van der Waals surface area contributed by atoms with E-state index in [0.717, 1.165) is 53.6 Å². The lowest BCUT2D eigenvalue weighted by atomic mass is 10.0. The fraction of sp³-hybridized carbons (Fsp3) is 0.480. The molecule has 3 aromatic rings. The number of ether oxygens (including phenoxy) is 2. The number of nitrogens with zero attached hydrogens (tertiary/aromatic N) is 3. The Morgan fingerprint density at radius 1 is 1.33 bits per heavy atom. The molecule has 1 aromatic carbocycles. The fourth-order valence-corrected chi connectivity index (χ4v) is 4.16. The number of benzene rings is 1. The van der Waals surface area contributed by atoms with E-state index in [4.69, 9.17) is 21.1 Å². The molecule has 1 N–H and O–H groups in total. The Morgan fingerprint density at radius 3 is 2.85 bits per heavy atom. The quantitative estimate of drug-likeness (QED) is 0.489. The monoisotopic (exact) mass is 470 g/mol. The minimum absolute atomic E-state index is 0.00590. The van der Waals surface area contributed by atoms with E-state index in [1.807, 2.05) is 63.0 Å². The standard InChI is InChI=1S/C25H31ClN4O3/c1-16(13-28-24(31)33-25(2,3)4)18-12-20(26)23(27-14-18)17-8-9-21-19(11-17)15-30(29-21)22-7-5-6-10-32-22/h8-9,11-12,14-16,22H,5-7,10,13H2,1-4H3,(H,28,31). The fourth-order valence-electron chi connectivity index (χ4n) is 3.88. The van der Waals surface area contributed by atoms with Crippen LogP contribution in [0, 0.1) is 0 Å². The molecule has 1 aliphatic heterocycles. The first-order valence-corrected chi connectivity index (χ1v) is 11.8. The van der Waals surface area contributed by atoms with Crippen LogP contribution < -0.4 is 5.32 Å². The summed E-state index contributed by atoms with van der Waals surface area (Å²) in [4.78, 5) is 16.6. The number of nitrogens with one attached hydrogen (secondary N) is 1. The molecule has 176 valence electrons. The molecule has 3 heterocycles. The maximum Gasteiger partial charge on any atom is 0.407 e. The number of halogens is 1. The van der Waals surface area contributed by atoms with E-state index in [1.54, 1.807) is 0 Å². The summed E-state index contributed by atoms with van der Waals surface area (Å²) in [5, 5.41) is 9.08. The lowest BCUT2D eigenvalue weighted by molar-refractivity contribution is -0.0390. The molecule has 0 bridgehead atoms. The van der Waals surface area contributed by atoms with Crippen LogP contribution in [0.3, 0.4) is 0 Å². The van der Waals surface area contributed by atoms with Crippen molar-refractivity contribution < 1.29 is 14.3 Å². The van der Waals surface area contributed by atoms with E-state index in [0.29, 0.717) is 11.6 Å². The van der Waals surface area contributed by atoms with Gasteiger partial charge in [-0.25, -0.2) is 9.48 Å². The maximum absolute atomic E-state index is 11.9. The van der Waals surface area contributed by atoms with Crippen molar-refractivity contribution in [2.24, 2.45) is 0 Å². The Morgan fingerprint density at radius 2 is 2.15 bits per heavy atom. The molecule has 0 aliphatic carbocycles. The summed E-state index contributed by atoms with van der Waals surface area (Å²) in [5.74, 6) is 0.0350. The molecule has 2 aromatic heterocycles. The van der Waals surface area contributed by atoms with Crippen molar-refractivity contribution in [3.63, 3.8) is 0 Å². The lowest BCUT2D eigenvalue weighted by Crippen LogP contribution is -2.34. The Balaban J connectivity index is 1.47. The second kappa shape index (κ2) is 9.69. The van der Waals surface area contributed by atoms with E-state index in [2.05, 4.69) is 21.5 Å². The lowest BCUT2D eigenvalue weighted by Gasteiger charge is -2.22. The zero-order chi connectivity index (χ0) is 23.6. The largest absolute Gasteiger partial charge is 0.444 e. The number of hydrogen-bond donors (Lipinski definition) is 1. The summed E-state index contributed by atoms with van der Waals surface area (Å²) in [6.45, 7) is 8.74. The first kappa shape index (κ1) is 23.5. The molecule has 1 amide bonds. The zero-order valence-electron chi connectivity index (χ0n) is 19.6. The first-order valence-electron chi connectivity index (χ1n) is 11.4. The maximum atomic E-state index is 11.9. The predicted octanol–water partition coefficient (Wildman–Crippen LogP) is 6.08. The molecular formula is C25H31ClN4O3. The molecule has 2 atom stereocenters. The first-order chi connectivity index (χ1) is 15.7. The number of hydrogen-bond acceptors (Lipinski definition) is 5. The number of alkyl carbamates (subject to hydrolysis) is 1. The van der Waals surface area contributed by atoms with E-state index in [9.17, 15) is 4.79 Å². The topological polar surface area (TPSA) is 78.3 Å². The second-order valence-electron chi connectivity index (χ2n) is 9.59. The summed E-state index contributed by atoms with van der Waals surface area (Å²) in [6, 6.07) is 7.95. The normalized spacial score (nSPS) is 17.7. The van der Waals surface area contributed by atoms with Crippen LogP contribution in [0.25, 0.3) is 22.2 Å². The summed E-state index contributed by atoms with van der Waals surface area (Å²) in [6.07, 6.45) is 6.66. The minimum Gasteiger partial charge on any atom is -0.444 e. The van der Waals surface area contributed by atoms with Gasteiger partial charge in [-0.05, 0) is 63.8 Å². The van der Waals surface area contributed by atoms with Gasteiger partial charge in [-0.3, -0.25) is 4.98 Å². The second-order valence-corrected chi connectivity index (χ2v) is 9.99. The van der Waals surface area contributed by atoms with Crippen molar-refractivity contribution in [2.45, 2.75) is 64.7 Å². The molecule has 1 fully saturated rings. The molecule has 1 aliphatic rings. The smallest absolute Gasteiger partial charge is 0.407 e. The molecule has 2 unspecified atom stereocenters. The Labute approximate surface area is 199 Å². The Hall–Kier alpha value is -2.64. The third kappa shape index (κ3) is 5.84. The summed E-state index contributed by atoms with van der Waals surface area (Å²) in [5.41, 5.74) is 2.99. The molecule has 0 radical (unpaired) electrons. The van der Waals surface area contributed by atoms with Gasteiger partial charge in [-0.2, -0.15) is 5.10 Å². The summed E-state index contributed by atoms with van der Waals surface area (Å²) < 4.78 is 13.1. The van der Waals surface area contributed by atoms with E-state index in [1.165, 1.54) is 0 Å². The number of pyridine rings is 1. The van der Waals surface area contributed by atoms with Gasteiger partial charge in [-0.15, -0.1) is 0 Å². The van der Waals surface area contributed by atoms with Crippen LogP contribution in [0.1, 0.15) is 64.7 Å². The van der Waals surface area contributed by atoms with Crippen molar-refractivity contribution in [3.8, 4) is 11.3 Å². The number of carbonyl (C=O) groups excluding carboxylic acids is 1. The number of rotatable bonds is 5. The van der Waals surface area contributed by atoms with Crippen LogP contribution >= 0.6 is 11.6 Å². The average Bonchev–Trinajstić information content (AvgIpc) is 3.20. The van der Waals surface area contributed by atoms with Gasteiger partial charge in [0.05, 0.1) is 16.2 Å². The van der Waals surface area contributed by atoms with Crippen LogP contribution in [-0.4, -0.2) is 39.6 Å². The molecule has 1 saturated heterocycles. The third-order valence-electron chi connectivity index (χ3n) is 5.63. The van der Waals surface area contributed by atoms with Gasteiger partial charge in [0.2, 0.25) is 0 Å². The van der Waals surface area contributed by atoms with Crippen LogP contribution in [0.4, 0.5) is 4.79 Å². The van der Waals surface area contributed by atoms with Crippen LogP contribution in [-0.2, 0) is 9.47 Å². The Kier molecular flexibility index (Phi) is 6.91. The number of amides is 1. The van der Waals surface area contributed by atoms with E-state index >= 15 is 0 Å². The zero-order valence-corrected chi connectivity index (χ0v) is 20.4. The Bertz CT molecular complexity index is 1130. The summed E-state index contributed by atoms with van der Waals surface area (Å²) in [7, 11) is 0. The van der Waals surface area contributed by atoms with Gasteiger partial charge in [-0.1, -0.05) is 24.6 Å². The molecule has 0 spiro atoms. The average molecular weight is 471 g/mol. The van der Waals surface area contributed by atoms with Gasteiger partial charge < -0.3 is 14.8 Å². The number of aromatic nitrogens is 3. The van der Waals surface area contributed by atoms with Gasteiger partial charge >= 0.3 is 6.09 Å². The van der Waals surface area contributed by atoms with Gasteiger partial charge in [0, 0.05) is 42.4 Å². The predicted molar refractivity (Wildman–Crippen MR) is 129 cm³/mol. The molecule has 8 heteroatoms. The summed E-state index contributed by atoms with van der Waals surface area (Å²) >= 11 is 6.62. The molecular weight excluding hydrogens is 440 g/mol. The van der Waals surface area contributed by atoms with Crippen molar-refractivity contribution in [2.75, 3.05) is 13.2 Å². The highest BCUT2D eigenvalue weighted by molar-refractivity contribution is 6.33. The SMILES string of the molecule is CC(CNC(=O)OC(C)(C)C)c1cnc(-c2ccc3nn(C4CCCCO4)cc3c2)c(Cl)c1. The van der Waals surface area contributed by atoms with E-state index in [-0.39, 0.29) is 12.1 Å². The highest BCUT2D eigenvalue weighted by Gasteiger charge is 2.19. The number of carbonyl (C=O) groups is 1. The highest BCUT2D eigenvalue weighted by atomic mass is 35.5. The third-order valence-corrected chi connectivity index (χ3v) is 5.92. The van der Waals surface area contributed by atoms with Crippen LogP contribution in [0.5, 0.6) is 0 Å².